The molecule has 3 nitrogen and oxygen atoms in total. The minimum atomic E-state index is -1.24. The molecule has 0 saturated carbocycles. The number of ether oxygens (including phenoxy) is 1. The van der Waals surface area contributed by atoms with Gasteiger partial charge in [0.05, 0.1) is 6.61 Å². The summed E-state index contributed by atoms with van der Waals surface area (Å²) in [5.74, 6) is -4.22. The van der Waals surface area contributed by atoms with Crippen molar-refractivity contribution in [2.75, 3.05) is 13.2 Å². The highest BCUT2D eigenvalue weighted by molar-refractivity contribution is 5.26. The Labute approximate surface area is 83.7 Å². The number of halogens is 3. The molecule has 0 aliphatic heterocycles. The third kappa shape index (κ3) is 3.10. The van der Waals surface area contributed by atoms with E-state index in [1.807, 2.05) is 0 Å². The van der Waals surface area contributed by atoms with E-state index in [1.165, 1.54) is 0 Å². The molecular weight excluding hydrogens is 213 g/mol. The van der Waals surface area contributed by atoms with Crippen LogP contribution in [-0.4, -0.2) is 29.5 Å². The van der Waals surface area contributed by atoms with Gasteiger partial charge in [-0.2, -0.15) is 0 Å². The van der Waals surface area contributed by atoms with E-state index in [0.29, 0.717) is 12.1 Å². The zero-order chi connectivity index (χ0) is 11.4. The Balaban J connectivity index is 2.77. The average molecular weight is 222 g/mol. The summed E-state index contributed by atoms with van der Waals surface area (Å²) < 4.78 is 42.8. The summed E-state index contributed by atoms with van der Waals surface area (Å²) in [7, 11) is 0. The van der Waals surface area contributed by atoms with Gasteiger partial charge in [0.15, 0.2) is 17.4 Å². The molecule has 0 saturated heterocycles. The van der Waals surface area contributed by atoms with Crippen molar-refractivity contribution >= 4 is 0 Å². The Hall–Kier alpha value is -1.27. The maximum atomic E-state index is 12.9. The summed E-state index contributed by atoms with van der Waals surface area (Å²) in [6.07, 6.45) is -1.24. The maximum absolute atomic E-state index is 12.9. The van der Waals surface area contributed by atoms with Gasteiger partial charge in [-0.05, 0) is 0 Å². The fourth-order valence-corrected chi connectivity index (χ4v) is 0.899. The van der Waals surface area contributed by atoms with Gasteiger partial charge in [0.1, 0.15) is 18.5 Å². The van der Waals surface area contributed by atoms with Crippen molar-refractivity contribution in [3.8, 4) is 5.75 Å². The highest BCUT2D eigenvalue weighted by atomic mass is 19.1. The average Bonchev–Trinajstić information content (AvgIpc) is 2.15. The standard InChI is InChI=1S/C9H9F3O3/c10-5-1-7(11)9(8(12)2-5)15-4-6(14)3-13/h1-2,6,13-14H,3-4H2. The van der Waals surface area contributed by atoms with Crippen LogP contribution in [-0.2, 0) is 0 Å². The SMILES string of the molecule is OCC(O)COc1c(F)cc(F)cc1F. The van der Waals surface area contributed by atoms with E-state index in [1.54, 1.807) is 0 Å². The summed E-state index contributed by atoms with van der Waals surface area (Å²) in [5.41, 5.74) is 0. The van der Waals surface area contributed by atoms with Gasteiger partial charge >= 0.3 is 0 Å². The molecule has 2 N–H and O–H groups in total. The molecule has 84 valence electrons. The van der Waals surface area contributed by atoms with Crippen molar-refractivity contribution in [2.24, 2.45) is 0 Å². The van der Waals surface area contributed by atoms with Gasteiger partial charge in [-0.15, -0.1) is 0 Å². The van der Waals surface area contributed by atoms with E-state index in [4.69, 9.17) is 10.2 Å². The predicted molar refractivity (Wildman–Crippen MR) is 44.9 cm³/mol. The Bertz CT molecular complexity index is 320. The van der Waals surface area contributed by atoms with E-state index >= 15 is 0 Å². The largest absolute Gasteiger partial charge is 0.485 e. The van der Waals surface area contributed by atoms with Gasteiger partial charge in [0, 0.05) is 12.1 Å². The number of hydrogen-bond donors (Lipinski definition) is 2. The molecule has 15 heavy (non-hydrogen) atoms. The van der Waals surface area contributed by atoms with E-state index < -0.39 is 42.5 Å². The van der Waals surface area contributed by atoms with Crippen LogP contribution >= 0.6 is 0 Å². The van der Waals surface area contributed by atoms with Crippen molar-refractivity contribution in [3.05, 3.63) is 29.6 Å². The molecule has 0 aliphatic carbocycles. The third-order valence-corrected chi connectivity index (χ3v) is 1.59. The third-order valence-electron chi connectivity index (χ3n) is 1.59. The van der Waals surface area contributed by atoms with Gasteiger partial charge < -0.3 is 14.9 Å². The van der Waals surface area contributed by atoms with Crippen molar-refractivity contribution in [2.45, 2.75) is 6.10 Å². The van der Waals surface area contributed by atoms with Gasteiger partial charge in [0.2, 0.25) is 0 Å². The first-order chi connectivity index (χ1) is 7.04. The molecule has 0 radical (unpaired) electrons. The normalized spacial score (nSPS) is 12.6. The van der Waals surface area contributed by atoms with Gasteiger partial charge in [-0.1, -0.05) is 0 Å². The molecule has 0 heterocycles. The molecule has 1 atom stereocenters. The molecule has 0 fully saturated rings. The first-order valence-corrected chi connectivity index (χ1v) is 4.11. The van der Waals surface area contributed by atoms with Gasteiger partial charge in [-0.25, -0.2) is 13.2 Å². The quantitative estimate of drug-likeness (QED) is 0.793. The molecule has 0 aromatic heterocycles. The second kappa shape index (κ2) is 4.99. The van der Waals surface area contributed by atoms with Crippen LogP contribution in [0.5, 0.6) is 5.75 Å². The second-order valence-corrected chi connectivity index (χ2v) is 2.85. The summed E-state index contributed by atoms with van der Waals surface area (Å²) in [4.78, 5) is 0. The molecule has 0 amide bonds. The molecule has 1 rings (SSSR count). The van der Waals surface area contributed by atoms with Gasteiger partial charge in [-0.3, -0.25) is 0 Å². The molecule has 0 spiro atoms. The molecule has 1 aromatic rings. The number of aliphatic hydroxyl groups excluding tert-OH is 2. The molecular formula is C9H9F3O3. The van der Waals surface area contributed by atoms with Crippen LogP contribution in [0.3, 0.4) is 0 Å². The van der Waals surface area contributed by atoms with Crippen LogP contribution < -0.4 is 4.74 Å². The minimum Gasteiger partial charge on any atom is -0.485 e. The van der Waals surface area contributed by atoms with Crippen molar-refractivity contribution in [3.63, 3.8) is 0 Å². The van der Waals surface area contributed by atoms with Crippen LogP contribution in [0.4, 0.5) is 13.2 Å². The molecule has 0 aliphatic rings. The number of rotatable bonds is 4. The lowest BCUT2D eigenvalue weighted by molar-refractivity contribution is 0.0509. The van der Waals surface area contributed by atoms with Crippen molar-refractivity contribution < 1.29 is 28.1 Å². The van der Waals surface area contributed by atoms with E-state index in [-0.39, 0.29) is 0 Å². The topological polar surface area (TPSA) is 49.7 Å². The lowest BCUT2D eigenvalue weighted by Gasteiger charge is -2.11. The smallest absolute Gasteiger partial charge is 0.191 e. The van der Waals surface area contributed by atoms with Gasteiger partial charge in [0.25, 0.3) is 0 Å². The lowest BCUT2D eigenvalue weighted by Crippen LogP contribution is -2.22. The molecule has 1 unspecified atom stereocenters. The van der Waals surface area contributed by atoms with E-state index in [0.717, 1.165) is 0 Å². The van der Waals surface area contributed by atoms with Crippen LogP contribution in [0.25, 0.3) is 0 Å². The fourth-order valence-electron chi connectivity index (χ4n) is 0.899. The fraction of sp³-hybridized carbons (Fsp3) is 0.333. The summed E-state index contributed by atoms with van der Waals surface area (Å²) in [6, 6.07) is 0.924. The first kappa shape index (κ1) is 11.8. The maximum Gasteiger partial charge on any atom is 0.191 e. The van der Waals surface area contributed by atoms with Crippen molar-refractivity contribution in [1.82, 2.24) is 0 Å². The summed E-state index contributed by atoms with van der Waals surface area (Å²) in [6.45, 7) is -1.07. The van der Waals surface area contributed by atoms with Crippen LogP contribution in [0, 0.1) is 17.5 Å². The number of hydrogen-bond acceptors (Lipinski definition) is 3. The zero-order valence-corrected chi connectivity index (χ0v) is 7.58. The minimum absolute atomic E-state index is 0.462. The number of aliphatic hydroxyl groups is 2. The number of benzene rings is 1. The van der Waals surface area contributed by atoms with Crippen LogP contribution in [0.1, 0.15) is 0 Å². The molecule has 0 bridgehead atoms. The second-order valence-electron chi connectivity index (χ2n) is 2.85. The van der Waals surface area contributed by atoms with Crippen LogP contribution in [0.2, 0.25) is 0 Å². The van der Waals surface area contributed by atoms with E-state index in [2.05, 4.69) is 4.74 Å². The Morgan fingerprint density at radius 3 is 2.20 bits per heavy atom. The molecule has 6 heteroatoms. The van der Waals surface area contributed by atoms with E-state index in [9.17, 15) is 13.2 Å². The highest BCUT2D eigenvalue weighted by Gasteiger charge is 2.14. The van der Waals surface area contributed by atoms with Crippen LogP contribution in [0.15, 0.2) is 12.1 Å². The Morgan fingerprint density at radius 2 is 1.73 bits per heavy atom. The summed E-state index contributed by atoms with van der Waals surface area (Å²) in [5, 5.41) is 17.3. The molecule has 1 aromatic carbocycles. The van der Waals surface area contributed by atoms with Crippen molar-refractivity contribution in [1.29, 1.82) is 0 Å². The Kier molecular flexibility index (Phi) is 3.93. The highest BCUT2D eigenvalue weighted by Crippen LogP contribution is 2.22. The lowest BCUT2D eigenvalue weighted by atomic mass is 10.3. The first-order valence-electron chi connectivity index (χ1n) is 4.11. The Morgan fingerprint density at radius 1 is 1.20 bits per heavy atom. The zero-order valence-electron chi connectivity index (χ0n) is 7.58. The monoisotopic (exact) mass is 222 g/mol. The summed E-state index contributed by atoms with van der Waals surface area (Å²) >= 11 is 0. The predicted octanol–water partition coefficient (Wildman–Crippen LogP) is 0.836.